The Morgan fingerprint density at radius 2 is 2.42 bits per heavy atom. The van der Waals surface area contributed by atoms with E-state index in [2.05, 4.69) is 15.0 Å². The van der Waals surface area contributed by atoms with Crippen LogP contribution in [0.2, 0.25) is 0 Å². The predicted molar refractivity (Wildman–Crippen MR) is 65.8 cm³/mol. The number of ether oxygens (including phenoxy) is 1. The van der Waals surface area contributed by atoms with Crippen LogP contribution < -0.4 is 5.56 Å². The van der Waals surface area contributed by atoms with E-state index < -0.39 is 31.1 Å². The first-order valence-electron chi connectivity index (χ1n) is 5.38. The first kappa shape index (κ1) is 13.7. The number of aliphatic hydroxyl groups excluding tert-OH is 2. The lowest BCUT2D eigenvalue weighted by Crippen LogP contribution is -2.31. The van der Waals surface area contributed by atoms with E-state index in [4.69, 9.17) is 27.6 Å². The Bertz CT molecular complexity index is 622. The van der Waals surface area contributed by atoms with Crippen molar-refractivity contribution in [2.45, 2.75) is 24.5 Å². The number of aliphatic hydroxyl groups is 2. The number of rotatable bonds is 3. The van der Waals surface area contributed by atoms with Crippen LogP contribution in [0.4, 0.5) is 0 Å². The maximum absolute atomic E-state index is 11.1. The van der Waals surface area contributed by atoms with Gasteiger partial charge in [-0.2, -0.15) is 0 Å². The molecule has 1 saturated heterocycles. The lowest BCUT2D eigenvalue weighted by molar-refractivity contribution is -0.0522. The van der Waals surface area contributed by atoms with Gasteiger partial charge < -0.3 is 14.9 Å². The molecule has 0 aliphatic carbocycles. The average Bonchev–Trinajstić information content (AvgIpc) is 2.68. The van der Waals surface area contributed by atoms with E-state index in [0.717, 1.165) is 0 Å². The molecule has 0 amide bonds. The third-order valence-electron chi connectivity index (χ3n) is 2.83. The van der Waals surface area contributed by atoms with Gasteiger partial charge in [-0.15, -0.1) is 0 Å². The van der Waals surface area contributed by atoms with Crippen molar-refractivity contribution in [1.82, 2.24) is 9.55 Å². The number of hydrogen-bond acceptors (Lipinski definition) is 6. The normalized spacial score (nSPS) is 30.0. The summed E-state index contributed by atoms with van der Waals surface area (Å²) in [5.41, 5.74) is 8.06. The van der Waals surface area contributed by atoms with Crippen molar-refractivity contribution in [3.63, 3.8) is 0 Å². The Labute approximate surface area is 111 Å². The summed E-state index contributed by atoms with van der Waals surface area (Å²) in [6.45, 7) is -0.409. The molecule has 0 saturated carbocycles. The SMILES string of the molecule is [N-]=[N+]=N[C@H]1[C@@H](O)[C@H](n2ccc(=O)[nH]c2=S)O[C@@H]1CO. The fraction of sp³-hybridized carbons (Fsp3) is 0.556. The lowest BCUT2D eigenvalue weighted by atomic mass is 10.1. The van der Waals surface area contributed by atoms with Crippen LogP contribution in [-0.4, -0.2) is 44.6 Å². The average molecular weight is 285 g/mol. The number of aromatic amines is 1. The topological polar surface area (TPSA) is 136 Å². The van der Waals surface area contributed by atoms with Crippen molar-refractivity contribution >= 4 is 12.2 Å². The summed E-state index contributed by atoms with van der Waals surface area (Å²) in [6.07, 6.45) is -1.57. The highest BCUT2D eigenvalue weighted by molar-refractivity contribution is 7.71. The van der Waals surface area contributed by atoms with Crippen LogP contribution >= 0.6 is 12.2 Å². The van der Waals surface area contributed by atoms with E-state index in [-0.39, 0.29) is 10.3 Å². The van der Waals surface area contributed by atoms with Gasteiger partial charge in [0.25, 0.3) is 5.56 Å². The molecule has 2 rings (SSSR count). The Morgan fingerprint density at radius 1 is 1.68 bits per heavy atom. The molecule has 1 aliphatic heterocycles. The van der Waals surface area contributed by atoms with Crippen LogP contribution in [0.3, 0.4) is 0 Å². The molecule has 2 heterocycles. The highest BCUT2D eigenvalue weighted by atomic mass is 32.1. The number of hydrogen-bond donors (Lipinski definition) is 3. The van der Waals surface area contributed by atoms with Crippen molar-refractivity contribution in [1.29, 1.82) is 0 Å². The van der Waals surface area contributed by atoms with Gasteiger partial charge in [0.15, 0.2) is 11.0 Å². The van der Waals surface area contributed by atoms with E-state index in [1.807, 2.05) is 0 Å². The summed E-state index contributed by atoms with van der Waals surface area (Å²) < 4.78 is 6.80. The summed E-state index contributed by atoms with van der Waals surface area (Å²) in [4.78, 5) is 16.1. The lowest BCUT2D eigenvalue weighted by Gasteiger charge is -2.18. The third-order valence-corrected chi connectivity index (χ3v) is 3.14. The quantitative estimate of drug-likeness (QED) is 0.306. The van der Waals surface area contributed by atoms with Gasteiger partial charge in [0.2, 0.25) is 0 Å². The van der Waals surface area contributed by atoms with Crippen molar-refractivity contribution < 1.29 is 14.9 Å². The molecule has 102 valence electrons. The minimum absolute atomic E-state index is 0.0647. The van der Waals surface area contributed by atoms with Crippen LogP contribution in [0.15, 0.2) is 22.2 Å². The van der Waals surface area contributed by atoms with Crippen molar-refractivity contribution in [2.75, 3.05) is 6.61 Å². The highest BCUT2D eigenvalue weighted by Crippen LogP contribution is 2.31. The molecule has 1 aliphatic rings. The monoisotopic (exact) mass is 285 g/mol. The molecule has 1 fully saturated rings. The standard InChI is InChI=1S/C9H11N5O4S/c10-13-12-6-4(3-15)18-8(7(6)17)14-2-1-5(16)11-9(14)19/h1-2,4,6-8,15,17H,3H2,(H,11,16,19)/t4-,6-,7-,8-/m1/s1. The minimum Gasteiger partial charge on any atom is -0.394 e. The smallest absolute Gasteiger partial charge is 0.251 e. The maximum Gasteiger partial charge on any atom is 0.251 e. The van der Waals surface area contributed by atoms with Crippen molar-refractivity contribution in [3.8, 4) is 0 Å². The molecule has 0 unspecified atom stereocenters. The first-order chi connectivity index (χ1) is 9.08. The van der Waals surface area contributed by atoms with Crippen LogP contribution in [-0.2, 0) is 4.74 Å². The second-order valence-corrected chi connectivity index (χ2v) is 4.34. The zero-order valence-corrected chi connectivity index (χ0v) is 10.4. The minimum atomic E-state index is -1.18. The van der Waals surface area contributed by atoms with E-state index in [1.165, 1.54) is 16.8 Å². The second-order valence-electron chi connectivity index (χ2n) is 3.95. The van der Waals surface area contributed by atoms with Crippen LogP contribution in [0.5, 0.6) is 0 Å². The number of nitrogens with zero attached hydrogens (tertiary/aromatic N) is 4. The molecule has 0 bridgehead atoms. The summed E-state index contributed by atoms with van der Waals surface area (Å²) in [7, 11) is 0. The van der Waals surface area contributed by atoms with Gasteiger partial charge in [-0.1, -0.05) is 5.11 Å². The van der Waals surface area contributed by atoms with Gasteiger partial charge >= 0.3 is 0 Å². The van der Waals surface area contributed by atoms with Gasteiger partial charge in [-0.25, -0.2) is 0 Å². The molecule has 0 aromatic carbocycles. The largest absolute Gasteiger partial charge is 0.394 e. The molecular formula is C9H11N5O4S. The molecule has 3 N–H and O–H groups in total. The van der Waals surface area contributed by atoms with Gasteiger partial charge in [-0.05, 0) is 17.7 Å². The van der Waals surface area contributed by atoms with E-state index in [1.54, 1.807) is 0 Å². The first-order valence-corrected chi connectivity index (χ1v) is 5.79. The van der Waals surface area contributed by atoms with Crippen LogP contribution in [0.25, 0.3) is 10.4 Å². The molecule has 1 aromatic rings. The number of aromatic nitrogens is 2. The summed E-state index contributed by atoms with van der Waals surface area (Å²) in [5, 5.41) is 22.6. The Balaban J connectivity index is 2.38. The zero-order valence-electron chi connectivity index (χ0n) is 9.58. The van der Waals surface area contributed by atoms with Gasteiger partial charge in [0, 0.05) is 17.2 Å². The molecular weight excluding hydrogens is 274 g/mol. The molecule has 9 nitrogen and oxygen atoms in total. The third kappa shape index (κ3) is 2.53. The number of nitrogens with one attached hydrogen (secondary N) is 1. The Kier molecular flexibility index (Phi) is 3.98. The second kappa shape index (κ2) is 5.51. The van der Waals surface area contributed by atoms with Gasteiger partial charge in [-0.3, -0.25) is 14.3 Å². The Morgan fingerprint density at radius 3 is 3.00 bits per heavy atom. The highest BCUT2D eigenvalue weighted by Gasteiger charge is 2.43. The van der Waals surface area contributed by atoms with E-state index in [9.17, 15) is 9.90 Å². The fourth-order valence-electron chi connectivity index (χ4n) is 1.94. The number of azide groups is 1. The van der Waals surface area contributed by atoms with Crippen LogP contribution in [0.1, 0.15) is 6.23 Å². The molecule has 10 heteroatoms. The van der Waals surface area contributed by atoms with Gasteiger partial charge in [0.05, 0.1) is 18.8 Å². The summed E-state index contributed by atoms with van der Waals surface area (Å²) in [5.74, 6) is 0. The fourth-order valence-corrected chi connectivity index (χ4v) is 2.21. The predicted octanol–water partition coefficient (Wildman–Crippen LogP) is -0.165. The van der Waals surface area contributed by atoms with Crippen molar-refractivity contribution in [3.05, 3.63) is 37.8 Å². The molecule has 0 radical (unpaired) electrons. The molecule has 1 aromatic heterocycles. The summed E-state index contributed by atoms with van der Waals surface area (Å²) in [6, 6.07) is 0.301. The Hall–Kier alpha value is -1.71. The van der Waals surface area contributed by atoms with Crippen molar-refractivity contribution in [2.24, 2.45) is 5.11 Å². The van der Waals surface area contributed by atoms with Crippen LogP contribution in [0, 0.1) is 4.77 Å². The number of H-pyrrole nitrogens is 1. The van der Waals surface area contributed by atoms with Gasteiger partial charge in [0.1, 0.15) is 6.10 Å². The molecule has 19 heavy (non-hydrogen) atoms. The molecule has 4 atom stereocenters. The molecule has 0 spiro atoms. The zero-order chi connectivity index (χ0) is 14.0. The summed E-state index contributed by atoms with van der Waals surface area (Å²) >= 11 is 4.96. The van der Waals surface area contributed by atoms with E-state index >= 15 is 0 Å². The maximum atomic E-state index is 11.1. The van der Waals surface area contributed by atoms with E-state index in [0.29, 0.717) is 0 Å².